The van der Waals surface area contributed by atoms with Crippen LogP contribution in [-0.4, -0.2) is 29.9 Å². The van der Waals surface area contributed by atoms with Crippen molar-refractivity contribution in [2.75, 3.05) is 13.1 Å². The molecule has 108 valence electrons. The maximum atomic E-state index is 12.0. The Balaban J connectivity index is 1.84. The molecule has 2 rings (SSSR count). The first-order chi connectivity index (χ1) is 9.58. The molecule has 2 atom stereocenters. The quantitative estimate of drug-likeness (QED) is 0.655. The summed E-state index contributed by atoms with van der Waals surface area (Å²) in [6.07, 6.45) is 0.444. The fraction of sp³-hybridized carbons (Fsp3) is 0.467. The number of nitrogens with one attached hydrogen (secondary N) is 1. The van der Waals surface area contributed by atoms with E-state index in [9.17, 15) is 4.79 Å². The van der Waals surface area contributed by atoms with Crippen molar-refractivity contribution in [1.82, 2.24) is 4.90 Å². The van der Waals surface area contributed by atoms with Crippen molar-refractivity contribution >= 4 is 11.9 Å². The van der Waals surface area contributed by atoms with E-state index in [0.29, 0.717) is 19.7 Å². The maximum Gasteiger partial charge on any atom is 0.410 e. The summed E-state index contributed by atoms with van der Waals surface area (Å²) < 4.78 is 5.31. The lowest BCUT2D eigenvalue weighted by molar-refractivity contribution is 0.0753. The average Bonchev–Trinajstić information content (AvgIpc) is 2.45. The Morgan fingerprint density at radius 3 is 2.75 bits per heavy atom. The molecule has 1 aromatic rings. The number of piperidine rings is 1. The Bertz CT molecular complexity index is 475. The number of ether oxygens (including phenoxy) is 1. The normalized spacial score (nSPS) is 22.4. The number of benzene rings is 1. The Kier molecular flexibility index (Phi) is 4.61. The number of hydrogen-bond acceptors (Lipinski definition) is 3. The van der Waals surface area contributed by atoms with Crippen LogP contribution in [0, 0.1) is 17.2 Å². The highest BCUT2D eigenvalue weighted by Gasteiger charge is 2.30. The predicted molar refractivity (Wildman–Crippen MR) is 77.4 cm³/mol. The zero-order valence-electron chi connectivity index (χ0n) is 11.7. The third-order valence-electron chi connectivity index (χ3n) is 3.77. The largest absolute Gasteiger partial charge is 0.445 e. The van der Waals surface area contributed by atoms with Gasteiger partial charge in [-0.25, -0.2) is 4.79 Å². The van der Waals surface area contributed by atoms with Gasteiger partial charge in [0.2, 0.25) is 0 Å². The molecule has 3 N–H and O–H groups in total. The monoisotopic (exact) mass is 275 g/mol. The van der Waals surface area contributed by atoms with Gasteiger partial charge in [0.15, 0.2) is 0 Å². The zero-order valence-corrected chi connectivity index (χ0v) is 11.7. The number of amides is 1. The van der Waals surface area contributed by atoms with Crippen LogP contribution in [0.5, 0.6) is 0 Å². The highest BCUT2D eigenvalue weighted by molar-refractivity contribution is 5.80. The summed E-state index contributed by atoms with van der Waals surface area (Å²) in [7, 11) is 0. The molecule has 0 spiro atoms. The summed E-state index contributed by atoms with van der Waals surface area (Å²) in [4.78, 5) is 13.7. The summed E-state index contributed by atoms with van der Waals surface area (Å²) in [5.41, 5.74) is 6.54. The molecule has 0 radical (unpaired) electrons. The molecule has 5 heteroatoms. The van der Waals surface area contributed by atoms with Crippen molar-refractivity contribution in [2.24, 2.45) is 17.6 Å². The van der Waals surface area contributed by atoms with Crippen molar-refractivity contribution in [3.63, 3.8) is 0 Å². The lowest BCUT2D eigenvalue weighted by Gasteiger charge is -2.35. The molecule has 1 saturated heterocycles. The van der Waals surface area contributed by atoms with Gasteiger partial charge in [-0.2, -0.15) is 0 Å². The smallest absolute Gasteiger partial charge is 0.410 e. The summed E-state index contributed by atoms with van der Waals surface area (Å²) in [5, 5.41) is 7.53. The standard InChI is InChI=1S/C15H21N3O2/c1-11-9-18(8-7-13(11)14(16)17)15(19)20-10-12-5-3-2-4-6-12/h2-6,11,13H,7-10H2,1H3,(H3,16,17)/t11-,13?/m1/s1. The Morgan fingerprint density at radius 1 is 1.45 bits per heavy atom. The Morgan fingerprint density at radius 2 is 2.15 bits per heavy atom. The molecule has 1 amide bonds. The number of rotatable bonds is 3. The number of hydrogen-bond donors (Lipinski definition) is 2. The molecule has 1 aromatic carbocycles. The molecular formula is C15H21N3O2. The second kappa shape index (κ2) is 6.41. The lowest BCUT2D eigenvalue weighted by atomic mass is 9.86. The van der Waals surface area contributed by atoms with Gasteiger partial charge in [-0.15, -0.1) is 0 Å². The summed E-state index contributed by atoms with van der Waals surface area (Å²) in [6, 6.07) is 9.63. The molecule has 5 nitrogen and oxygen atoms in total. The van der Waals surface area contributed by atoms with Crippen molar-refractivity contribution in [1.29, 1.82) is 5.41 Å². The van der Waals surface area contributed by atoms with Gasteiger partial charge in [0.05, 0.1) is 5.84 Å². The molecule has 20 heavy (non-hydrogen) atoms. The molecule has 1 unspecified atom stereocenters. The minimum absolute atomic E-state index is 0.0770. The van der Waals surface area contributed by atoms with Crippen LogP contribution >= 0.6 is 0 Å². The summed E-state index contributed by atoms with van der Waals surface area (Å²) in [6.45, 7) is 3.50. The number of nitrogens with two attached hydrogens (primary N) is 1. The zero-order chi connectivity index (χ0) is 14.5. The van der Waals surface area contributed by atoms with Gasteiger partial charge in [0.25, 0.3) is 0 Å². The van der Waals surface area contributed by atoms with E-state index in [4.69, 9.17) is 15.9 Å². The van der Waals surface area contributed by atoms with Crippen LogP contribution in [0.25, 0.3) is 0 Å². The van der Waals surface area contributed by atoms with E-state index in [1.807, 2.05) is 37.3 Å². The first kappa shape index (κ1) is 14.4. The van der Waals surface area contributed by atoms with E-state index in [1.54, 1.807) is 4.90 Å². The van der Waals surface area contributed by atoms with Crippen LogP contribution < -0.4 is 5.73 Å². The first-order valence-electron chi connectivity index (χ1n) is 6.87. The van der Waals surface area contributed by atoms with Gasteiger partial charge in [-0.1, -0.05) is 37.3 Å². The first-order valence-corrected chi connectivity index (χ1v) is 6.87. The molecule has 0 saturated carbocycles. The topological polar surface area (TPSA) is 79.4 Å². The third-order valence-corrected chi connectivity index (χ3v) is 3.77. The van der Waals surface area contributed by atoms with Crippen LogP contribution in [0.15, 0.2) is 30.3 Å². The predicted octanol–water partition coefficient (Wildman–Crippen LogP) is 2.22. The van der Waals surface area contributed by atoms with Crippen LogP contribution in [0.4, 0.5) is 4.79 Å². The lowest BCUT2D eigenvalue weighted by Crippen LogP contribution is -2.46. The van der Waals surface area contributed by atoms with E-state index in [1.165, 1.54) is 0 Å². The van der Waals surface area contributed by atoms with Crippen molar-refractivity contribution in [2.45, 2.75) is 20.0 Å². The van der Waals surface area contributed by atoms with Gasteiger partial charge >= 0.3 is 6.09 Å². The van der Waals surface area contributed by atoms with E-state index in [-0.39, 0.29) is 23.8 Å². The molecule has 1 fully saturated rings. The van der Waals surface area contributed by atoms with Gasteiger partial charge in [0.1, 0.15) is 6.61 Å². The minimum atomic E-state index is -0.289. The van der Waals surface area contributed by atoms with Crippen molar-refractivity contribution in [3.8, 4) is 0 Å². The van der Waals surface area contributed by atoms with Crippen molar-refractivity contribution in [3.05, 3.63) is 35.9 Å². The molecule has 1 aliphatic rings. The van der Waals surface area contributed by atoms with E-state index >= 15 is 0 Å². The summed E-state index contributed by atoms with van der Waals surface area (Å²) in [5.74, 6) is 0.494. The average molecular weight is 275 g/mol. The Hall–Kier alpha value is -2.04. The van der Waals surface area contributed by atoms with Gasteiger partial charge in [-0.3, -0.25) is 5.41 Å². The Labute approximate surface area is 119 Å². The molecule has 0 aliphatic carbocycles. The number of carbonyl (C=O) groups is 1. The second-order valence-electron chi connectivity index (χ2n) is 5.31. The highest BCUT2D eigenvalue weighted by atomic mass is 16.6. The minimum Gasteiger partial charge on any atom is -0.445 e. The molecule has 0 bridgehead atoms. The van der Waals surface area contributed by atoms with Crippen molar-refractivity contribution < 1.29 is 9.53 Å². The van der Waals surface area contributed by atoms with Gasteiger partial charge in [-0.05, 0) is 17.9 Å². The number of carbonyl (C=O) groups excluding carboxylic acids is 1. The fourth-order valence-corrected chi connectivity index (χ4v) is 2.58. The van der Waals surface area contributed by atoms with E-state index in [2.05, 4.69) is 0 Å². The molecule has 1 heterocycles. The van der Waals surface area contributed by atoms with E-state index in [0.717, 1.165) is 12.0 Å². The van der Waals surface area contributed by atoms with Gasteiger partial charge < -0.3 is 15.4 Å². The SMILES string of the molecule is C[C@@H]1CN(C(=O)OCc2ccccc2)CCC1C(=N)N. The third kappa shape index (κ3) is 3.50. The summed E-state index contributed by atoms with van der Waals surface area (Å²) >= 11 is 0. The van der Waals surface area contributed by atoms with Crippen LogP contribution in [-0.2, 0) is 11.3 Å². The highest BCUT2D eigenvalue weighted by Crippen LogP contribution is 2.23. The molecule has 0 aromatic heterocycles. The van der Waals surface area contributed by atoms with E-state index < -0.39 is 0 Å². The number of amidine groups is 1. The molecular weight excluding hydrogens is 254 g/mol. The number of likely N-dealkylation sites (tertiary alicyclic amines) is 1. The van der Waals surface area contributed by atoms with Crippen LogP contribution in [0.1, 0.15) is 18.9 Å². The number of nitrogens with zero attached hydrogens (tertiary/aromatic N) is 1. The molecule has 1 aliphatic heterocycles. The second-order valence-corrected chi connectivity index (χ2v) is 5.31. The van der Waals surface area contributed by atoms with Crippen LogP contribution in [0.3, 0.4) is 0 Å². The van der Waals surface area contributed by atoms with Crippen LogP contribution in [0.2, 0.25) is 0 Å². The fourth-order valence-electron chi connectivity index (χ4n) is 2.58. The maximum absolute atomic E-state index is 12.0. The van der Waals surface area contributed by atoms with Gasteiger partial charge in [0, 0.05) is 19.0 Å².